The molecule has 0 saturated carbocycles. The van der Waals surface area contributed by atoms with Crippen LogP contribution < -0.4 is 0 Å². The first kappa shape index (κ1) is 21.1. The summed E-state index contributed by atoms with van der Waals surface area (Å²) in [4.78, 5) is 0. The number of hydrogen-bond acceptors (Lipinski definition) is 1. The smallest absolute Gasteiger partial charge is 0.0926 e. The minimum Gasteiger partial charge on any atom is -0.366 e. The topological polar surface area (TPSA) is 12.5 Å². The summed E-state index contributed by atoms with van der Waals surface area (Å²) in [7, 11) is 0. The molecular weight excluding hydrogens is 340 g/mol. The summed E-state index contributed by atoms with van der Waals surface area (Å²) in [6.07, 6.45) is 13.2. The Hall–Kier alpha value is -1.60. The van der Waals surface area contributed by atoms with Gasteiger partial charge in [0.1, 0.15) is 0 Å². The Morgan fingerprint density at radius 2 is 1.75 bits per heavy atom. The van der Waals surface area contributed by atoms with E-state index >= 15 is 0 Å². The van der Waals surface area contributed by atoms with Crippen LogP contribution in [-0.2, 0) is 11.2 Å². The zero-order chi connectivity index (χ0) is 20.1. The van der Waals surface area contributed by atoms with E-state index in [1.54, 1.807) is 0 Å². The molecule has 1 unspecified atom stereocenters. The van der Waals surface area contributed by atoms with E-state index in [1.807, 2.05) is 0 Å². The van der Waals surface area contributed by atoms with Crippen molar-refractivity contribution < 1.29 is 4.74 Å². The Bertz CT molecular complexity index is 726. The lowest BCUT2D eigenvalue weighted by Crippen LogP contribution is -2.28. The zero-order valence-electron chi connectivity index (χ0n) is 18.3. The van der Waals surface area contributed by atoms with Gasteiger partial charge in [-0.05, 0) is 90.0 Å². The second-order valence-electron chi connectivity index (χ2n) is 9.37. The van der Waals surface area contributed by atoms with Crippen molar-refractivity contribution in [2.45, 2.75) is 84.3 Å². The van der Waals surface area contributed by atoms with Crippen LogP contribution in [0.1, 0.15) is 71.8 Å². The fourth-order valence-corrected chi connectivity index (χ4v) is 4.91. The zero-order valence-corrected chi connectivity index (χ0v) is 18.3. The number of rotatable bonds is 3. The van der Waals surface area contributed by atoms with Crippen LogP contribution in [-0.4, -0.2) is 11.7 Å². The maximum atomic E-state index is 6.42. The lowest BCUT2D eigenvalue weighted by atomic mass is 9.74. The van der Waals surface area contributed by atoms with E-state index in [0.29, 0.717) is 17.9 Å². The van der Waals surface area contributed by atoms with Gasteiger partial charge in [0.05, 0.1) is 11.7 Å². The molecule has 0 N–H and O–H groups in total. The van der Waals surface area contributed by atoms with Gasteiger partial charge >= 0.3 is 0 Å². The van der Waals surface area contributed by atoms with Gasteiger partial charge in [-0.1, -0.05) is 65.8 Å². The lowest BCUT2D eigenvalue weighted by molar-refractivity contribution is 0.244. The van der Waals surface area contributed by atoms with Gasteiger partial charge in [-0.2, -0.15) is 0 Å². The van der Waals surface area contributed by atoms with E-state index < -0.39 is 0 Å². The lowest BCUT2D eigenvalue weighted by Gasteiger charge is -2.28. The van der Waals surface area contributed by atoms with E-state index in [4.69, 9.17) is 4.74 Å². The van der Waals surface area contributed by atoms with Crippen molar-refractivity contribution in [2.75, 3.05) is 0 Å². The van der Waals surface area contributed by atoms with Gasteiger partial charge in [0.15, 0.2) is 0 Å². The van der Waals surface area contributed by atoms with Crippen molar-refractivity contribution in [1.29, 1.82) is 0 Å². The molecule has 0 radical (unpaired) electrons. The number of fused-ring (bicyclic) bond motifs is 1. The quantitative estimate of drug-likeness (QED) is 0.393. The minimum atomic E-state index is 0.0267. The normalized spacial score (nSPS) is 35.5. The van der Waals surface area contributed by atoms with Crippen LogP contribution in [0.4, 0.5) is 0 Å². The summed E-state index contributed by atoms with van der Waals surface area (Å²) < 4.78 is 6.42. The molecule has 1 heteroatoms. The van der Waals surface area contributed by atoms with Crippen LogP contribution in [0.3, 0.4) is 0 Å². The number of allylic oxidation sites excluding steroid dienone is 5. The van der Waals surface area contributed by atoms with Gasteiger partial charge in [0.2, 0.25) is 0 Å². The van der Waals surface area contributed by atoms with Crippen LogP contribution in [0, 0.1) is 11.8 Å². The van der Waals surface area contributed by atoms with Crippen molar-refractivity contribution in [3.63, 3.8) is 0 Å². The molecule has 0 amide bonds. The number of benzene rings is 1. The molecule has 152 valence electrons. The molecule has 28 heavy (non-hydrogen) atoms. The van der Waals surface area contributed by atoms with Crippen LogP contribution in [0.25, 0.3) is 0 Å². The molecule has 2 aliphatic rings. The average Bonchev–Trinajstić information content (AvgIpc) is 3.32. The molecule has 1 aliphatic heterocycles. The van der Waals surface area contributed by atoms with Gasteiger partial charge in [0, 0.05) is 0 Å². The summed E-state index contributed by atoms with van der Waals surface area (Å²) >= 11 is 0. The third-order valence-electron chi connectivity index (χ3n) is 6.81. The highest BCUT2D eigenvalue weighted by Gasteiger charge is 2.56. The Morgan fingerprint density at radius 1 is 1.07 bits per heavy atom. The fraction of sp³-hybridized carbons (Fsp3) is 0.556. The standard InChI is InChI=1S/C27H38O/c1-20(2)24-17-16-22(4)12-9-11-21(3)13-10-18-27(5)26(28-27)25(24)19-23-14-7-6-8-15-23/h6-8,12-15,24-26H,1,9-11,16-19H2,2-5H3/b21-13+,22-12+/t24?,25-,26-,27-/m1/s1. The first-order valence-electron chi connectivity index (χ1n) is 11.1. The maximum absolute atomic E-state index is 6.42. The molecule has 1 aromatic rings. The predicted octanol–water partition coefficient (Wildman–Crippen LogP) is 7.44. The summed E-state index contributed by atoms with van der Waals surface area (Å²) in [6, 6.07) is 10.9. The molecule has 1 saturated heterocycles. The monoisotopic (exact) mass is 378 g/mol. The van der Waals surface area contributed by atoms with Crippen molar-refractivity contribution in [1.82, 2.24) is 0 Å². The highest BCUT2D eigenvalue weighted by molar-refractivity contribution is 5.20. The Morgan fingerprint density at radius 3 is 2.46 bits per heavy atom. The third-order valence-corrected chi connectivity index (χ3v) is 6.81. The van der Waals surface area contributed by atoms with Gasteiger partial charge in [-0.15, -0.1) is 0 Å². The van der Waals surface area contributed by atoms with Crippen molar-refractivity contribution >= 4 is 0 Å². The maximum Gasteiger partial charge on any atom is 0.0926 e. The number of epoxide rings is 1. The van der Waals surface area contributed by atoms with Crippen molar-refractivity contribution in [2.24, 2.45) is 11.8 Å². The molecule has 4 atom stereocenters. The van der Waals surface area contributed by atoms with Crippen molar-refractivity contribution in [3.05, 3.63) is 71.3 Å². The Balaban J connectivity index is 1.86. The van der Waals surface area contributed by atoms with Gasteiger partial charge < -0.3 is 4.74 Å². The first-order valence-corrected chi connectivity index (χ1v) is 11.1. The molecular formula is C27H38O. The molecule has 0 bridgehead atoms. The number of ether oxygens (including phenoxy) is 1. The van der Waals surface area contributed by atoms with Gasteiger partial charge in [0.25, 0.3) is 0 Å². The molecule has 1 heterocycles. The van der Waals surface area contributed by atoms with Gasteiger partial charge in [-0.25, -0.2) is 0 Å². The molecule has 3 rings (SSSR count). The van der Waals surface area contributed by atoms with E-state index in [-0.39, 0.29) is 5.60 Å². The van der Waals surface area contributed by atoms with Crippen LogP contribution in [0.5, 0.6) is 0 Å². The second-order valence-corrected chi connectivity index (χ2v) is 9.37. The average molecular weight is 379 g/mol. The largest absolute Gasteiger partial charge is 0.366 e. The highest BCUT2D eigenvalue weighted by Crippen LogP contribution is 2.50. The van der Waals surface area contributed by atoms with Gasteiger partial charge in [-0.3, -0.25) is 0 Å². The summed E-state index contributed by atoms with van der Waals surface area (Å²) in [5, 5.41) is 0. The third kappa shape index (κ3) is 5.47. The minimum absolute atomic E-state index is 0.0267. The van der Waals surface area contributed by atoms with E-state index in [2.05, 4.69) is 76.8 Å². The Kier molecular flexibility index (Phi) is 6.99. The van der Waals surface area contributed by atoms with Crippen LogP contribution in [0.2, 0.25) is 0 Å². The van der Waals surface area contributed by atoms with Crippen LogP contribution >= 0.6 is 0 Å². The predicted molar refractivity (Wildman–Crippen MR) is 120 cm³/mol. The second kappa shape index (κ2) is 9.27. The molecule has 1 aromatic carbocycles. The summed E-state index contributed by atoms with van der Waals surface area (Å²) in [6.45, 7) is 13.5. The molecule has 0 aromatic heterocycles. The molecule has 1 aliphatic carbocycles. The van der Waals surface area contributed by atoms with Crippen LogP contribution in [0.15, 0.2) is 65.8 Å². The van der Waals surface area contributed by atoms with Crippen molar-refractivity contribution in [3.8, 4) is 0 Å². The van der Waals surface area contributed by atoms with E-state index in [9.17, 15) is 0 Å². The number of hydrogen-bond donors (Lipinski definition) is 0. The first-order chi connectivity index (χ1) is 13.4. The fourth-order valence-electron chi connectivity index (χ4n) is 4.91. The highest BCUT2D eigenvalue weighted by atomic mass is 16.6. The summed E-state index contributed by atoms with van der Waals surface area (Å²) in [5.41, 5.74) is 5.80. The molecule has 1 fully saturated rings. The Labute approximate surface area is 172 Å². The SMILES string of the molecule is C=C(C)C1CC/C(C)=C/CC/C(C)=C/CC[C@@]2(C)O[C@@H]2[C@@H]1Cc1ccccc1. The van der Waals surface area contributed by atoms with E-state index in [1.165, 1.54) is 35.1 Å². The molecule has 0 spiro atoms. The summed E-state index contributed by atoms with van der Waals surface area (Å²) in [5.74, 6) is 1.02. The van der Waals surface area contributed by atoms with E-state index in [0.717, 1.165) is 32.1 Å². The molecule has 1 nitrogen and oxygen atoms in total.